The molecule has 0 spiro atoms. The van der Waals surface area contributed by atoms with E-state index in [0.717, 1.165) is 51.9 Å². The van der Waals surface area contributed by atoms with Crippen LogP contribution in [-0.4, -0.2) is 90.4 Å². The van der Waals surface area contributed by atoms with Crippen molar-refractivity contribution in [3.63, 3.8) is 0 Å². The van der Waals surface area contributed by atoms with Crippen LogP contribution >= 0.6 is 0 Å². The number of carbonyl (C=O) groups excluding carboxylic acids is 3. The molecular formula is C22H39N5O3. The van der Waals surface area contributed by atoms with Crippen molar-refractivity contribution in [3.05, 3.63) is 0 Å². The van der Waals surface area contributed by atoms with Gasteiger partial charge in [0.2, 0.25) is 11.8 Å². The molecule has 2 saturated heterocycles. The number of amides is 4. The van der Waals surface area contributed by atoms with Crippen molar-refractivity contribution in [2.45, 2.75) is 70.9 Å². The van der Waals surface area contributed by atoms with Crippen LogP contribution in [0.15, 0.2) is 0 Å². The van der Waals surface area contributed by atoms with E-state index in [0.29, 0.717) is 32.0 Å². The van der Waals surface area contributed by atoms with Crippen LogP contribution in [0.5, 0.6) is 0 Å². The Balaban J connectivity index is 1.48. The Morgan fingerprint density at radius 1 is 1.03 bits per heavy atom. The molecule has 170 valence electrons. The highest BCUT2D eigenvalue weighted by molar-refractivity contribution is 5.82. The molecule has 4 amide bonds. The smallest absolute Gasteiger partial charge is 0.317 e. The molecule has 0 aromatic carbocycles. The normalized spacial score (nSPS) is 22.0. The summed E-state index contributed by atoms with van der Waals surface area (Å²) in [5.41, 5.74) is 0. The molecule has 3 rings (SSSR count). The van der Waals surface area contributed by atoms with E-state index in [9.17, 15) is 14.4 Å². The molecular weight excluding hydrogens is 382 g/mol. The third kappa shape index (κ3) is 6.09. The molecule has 2 N–H and O–H groups in total. The summed E-state index contributed by atoms with van der Waals surface area (Å²) in [4.78, 5) is 43.2. The molecule has 0 bridgehead atoms. The second-order valence-corrected chi connectivity index (χ2v) is 9.25. The molecule has 2 heterocycles. The molecule has 30 heavy (non-hydrogen) atoms. The topological polar surface area (TPSA) is 85.0 Å². The van der Waals surface area contributed by atoms with Crippen LogP contribution < -0.4 is 10.6 Å². The predicted molar refractivity (Wildman–Crippen MR) is 116 cm³/mol. The molecule has 1 saturated carbocycles. The zero-order valence-corrected chi connectivity index (χ0v) is 18.7. The molecule has 0 radical (unpaired) electrons. The van der Waals surface area contributed by atoms with Crippen LogP contribution in [0.25, 0.3) is 0 Å². The number of urea groups is 1. The first-order valence-corrected chi connectivity index (χ1v) is 11.8. The zero-order valence-electron chi connectivity index (χ0n) is 18.7. The fourth-order valence-corrected chi connectivity index (χ4v) is 5.02. The fourth-order valence-electron chi connectivity index (χ4n) is 5.02. The number of hydrogen-bond acceptors (Lipinski definition) is 4. The predicted octanol–water partition coefficient (Wildman–Crippen LogP) is 1.41. The first-order valence-electron chi connectivity index (χ1n) is 11.8. The first kappa shape index (κ1) is 22.8. The van der Waals surface area contributed by atoms with Gasteiger partial charge in [-0.25, -0.2) is 4.79 Å². The van der Waals surface area contributed by atoms with E-state index in [2.05, 4.69) is 15.5 Å². The molecule has 8 nitrogen and oxygen atoms in total. The number of carbonyl (C=O) groups is 3. The molecule has 3 fully saturated rings. The highest BCUT2D eigenvalue weighted by Crippen LogP contribution is 2.31. The Morgan fingerprint density at radius 2 is 1.73 bits per heavy atom. The van der Waals surface area contributed by atoms with Crippen LogP contribution in [0, 0.1) is 5.92 Å². The summed E-state index contributed by atoms with van der Waals surface area (Å²) in [6.07, 6.45) is 7.03. The average molecular weight is 422 g/mol. The van der Waals surface area contributed by atoms with E-state index in [-0.39, 0.29) is 29.9 Å². The van der Waals surface area contributed by atoms with E-state index in [1.165, 1.54) is 12.8 Å². The summed E-state index contributed by atoms with van der Waals surface area (Å²) in [6, 6.07) is 0.0163. The summed E-state index contributed by atoms with van der Waals surface area (Å²) in [5.74, 6) is 0.764. The Kier molecular flexibility index (Phi) is 8.36. The number of nitrogens with one attached hydrogen (secondary N) is 2. The number of hydrogen-bond donors (Lipinski definition) is 2. The maximum Gasteiger partial charge on any atom is 0.317 e. The summed E-state index contributed by atoms with van der Waals surface area (Å²) >= 11 is 0. The van der Waals surface area contributed by atoms with Crippen molar-refractivity contribution in [1.29, 1.82) is 0 Å². The van der Waals surface area contributed by atoms with Gasteiger partial charge in [0.1, 0.15) is 0 Å². The third-order valence-electron chi connectivity index (χ3n) is 6.60. The second kappa shape index (κ2) is 11.0. The summed E-state index contributed by atoms with van der Waals surface area (Å²) in [7, 11) is 0. The van der Waals surface area contributed by atoms with Gasteiger partial charge in [-0.3, -0.25) is 14.5 Å². The van der Waals surface area contributed by atoms with Gasteiger partial charge in [0.25, 0.3) is 0 Å². The number of piperazine rings is 1. The van der Waals surface area contributed by atoms with Gasteiger partial charge in [-0.15, -0.1) is 0 Å². The third-order valence-corrected chi connectivity index (χ3v) is 6.60. The summed E-state index contributed by atoms with van der Waals surface area (Å²) in [6.45, 7) is 8.93. The Morgan fingerprint density at radius 3 is 2.33 bits per heavy atom. The van der Waals surface area contributed by atoms with Crippen LogP contribution in [0.3, 0.4) is 0 Å². The SMILES string of the molecule is CC(C)NC(=O)N1CCN(C(C(=O)NCCCN2CCCC2=O)C2CCCC2)CC1. The molecule has 1 atom stereocenters. The highest BCUT2D eigenvalue weighted by atomic mass is 16.2. The van der Waals surface area contributed by atoms with Crippen LogP contribution in [0.2, 0.25) is 0 Å². The highest BCUT2D eigenvalue weighted by Gasteiger charge is 2.37. The minimum atomic E-state index is -0.101. The molecule has 8 heteroatoms. The fraction of sp³-hybridized carbons (Fsp3) is 0.864. The van der Waals surface area contributed by atoms with Crippen molar-refractivity contribution in [1.82, 2.24) is 25.3 Å². The van der Waals surface area contributed by atoms with Gasteiger partial charge in [0.05, 0.1) is 6.04 Å². The monoisotopic (exact) mass is 421 g/mol. The lowest BCUT2D eigenvalue weighted by molar-refractivity contribution is -0.129. The van der Waals surface area contributed by atoms with Gasteiger partial charge >= 0.3 is 6.03 Å². The van der Waals surface area contributed by atoms with Gasteiger partial charge in [-0.05, 0) is 45.4 Å². The molecule has 0 aromatic rings. The van der Waals surface area contributed by atoms with Gasteiger partial charge < -0.3 is 20.4 Å². The van der Waals surface area contributed by atoms with Gasteiger partial charge in [-0.1, -0.05) is 12.8 Å². The molecule has 0 aromatic heterocycles. The van der Waals surface area contributed by atoms with Crippen molar-refractivity contribution in [2.24, 2.45) is 5.92 Å². The molecule has 1 aliphatic carbocycles. The van der Waals surface area contributed by atoms with Gasteiger partial charge in [-0.2, -0.15) is 0 Å². The quantitative estimate of drug-likeness (QED) is 0.581. The van der Waals surface area contributed by atoms with Crippen molar-refractivity contribution in [3.8, 4) is 0 Å². The lowest BCUT2D eigenvalue weighted by atomic mass is 9.95. The lowest BCUT2D eigenvalue weighted by Crippen LogP contribution is -2.59. The van der Waals surface area contributed by atoms with Gasteiger partial charge in [0, 0.05) is 58.3 Å². The number of nitrogens with zero attached hydrogens (tertiary/aromatic N) is 3. The van der Waals surface area contributed by atoms with Crippen LogP contribution in [0.4, 0.5) is 4.79 Å². The standard InChI is InChI=1S/C22H39N5O3/c1-17(2)24-22(30)27-15-13-26(14-16-27)20(18-7-3-4-8-18)21(29)23-10-6-12-25-11-5-9-19(25)28/h17-18,20H,3-16H2,1-2H3,(H,23,29)(H,24,30). The van der Waals surface area contributed by atoms with E-state index in [1.807, 2.05) is 23.6 Å². The van der Waals surface area contributed by atoms with E-state index < -0.39 is 0 Å². The summed E-state index contributed by atoms with van der Waals surface area (Å²) < 4.78 is 0. The van der Waals surface area contributed by atoms with Gasteiger partial charge in [0.15, 0.2) is 0 Å². The second-order valence-electron chi connectivity index (χ2n) is 9.25. The summed E-state index contributed by atoms with van der Waals surface area (Å²) in [5, 5.41) is 6.10. The van der Waals surface area contributed by atoms with Crippen LogP contribution in [-0.2, 0) is 9.59 Å². The minimum Gasteiger partial charge on any atom is -0.355 e. The average Bonchev–Trinajstić information content (AvgIpc) is 3.38. The van der Waals surface area contributed by atoms with Crippen molar-refractivity contribution in [2.75, 3.05) is 45.8 Å². The maximum absolute atomic E-state index is 13.1. The molecule has 3 aliphatic rings. The van der Waals surface area contributed by atoms with Crippen molar-refractivity contribution < 1.29 is 14.4 Å². The minimum absolute atomic E-state index is 0.0111. The first-order chi connectivity index (χ1) is 14.5. The Labute approximate surface area is 180 Å². The van der Waals surface area contributed by atoms with E-state index in [1.54, 1.807) is 0 Å². The van der Waals surface area contributed by atoms with E-state index in [4.69, 9.17) is 0 Å². The molecule has 1 unspecified atom stereocenters. The largest absolute Gasteiger partial charge is 0.355 e. The van der Waals surface area contributed by atoms with Crippen molar-refractivity contribution >= 4 is 17.8 Å². The van der Waals surface area contributed by atoms with Crippen LogP contribution in [0.1, 0.15) is 58.8 Å². The Hall–Kier alpha value is -1.83. The zero-order chi connectivity index (χ0) is 21.5. The molecule has 2 aliphatic heterocycles. The van der Waals surface area contributed by atoms with E-state index >= 15 is 0 Å². The number of rotatable bonds is 8. The lowest BCUT2D eigenvalue weighted by Gasteiger charge is -2.40. The Bertz CT molecular complexity index is 598. The number of likely N-dealkylation sites (tertiary alicyclic amines) is 1. The maximum atomic E-state index is 13.1.